The average molecular weight is 439 g/mol. The van der Waals surface area contributed by atoms with Gasteiger partial charge in [0.05, 0.1) is 34.4 Å². The first-order valence-electron chi connectivity index (χ1n) is 11.3. The van der Waals surface area contributed by atoms with Crippen molar-refractivity contribution in [2.75, 3.05) is 0 Å². The van der Waals surface area contributed by atoms with Gasteiger partial charge >= 0.3 is 0 Å². The number of aromatic amines is 1. The molecule has 3 heterocycles. The number of carbonyl (C=O) groups is 2. The molecule has 7 nitrogen and oxygen atoms in total. The number of nitrogens with zero attached hydrogens (tertiary/aromatic N) is 1. The van der Waals surface area contributed by atoms with E-state index in [9.17, 15) is 19.8 Å². The van der Waals surface area contributed by atoms with E-state index in [2.05, 4.69) is 14.9 Å². The fourth-order valence-corrected chi connectivity index (χ4v) is 6.00. The van der Waals surface area contributed by atoms with E-state index >= 15 is 0 Å². The van der Waals surface area contributed by atoms with Crippen LogP contribution in [0, 0.1) is 0 Å². The van der Waals surface area contributed by atoms with Gasteiger partial charge in [0.15, 0.2) is 0 Å². The molecule has 0 saturated heterocycles. The zero-order valence-corrected chi connectivity index (χ0v) is 17.6. The zero-order chi connectivity index (χ0) is 22.4. The van der Waals surface area contributed by atoms with Gasteiger partial charge in [0.25, 0.3) is 11.8 Å². The predicted octanol–water partition coefficient (Wildman–Crippen LogP) is 3.76. The highest BCUT2D eigenvalue weighted by molar-refractivity contribution is 6.39. The van der Waals surface area contributed by atoms with Crippen LogP contribution in [0.3, 0.4) is 0 Å². The van der Waals surface area contributed by atoms with Crippen molar-refractivity contribution < 1.29 is 19.8 Å². The first kappa shape index (κ1) is 18.8. The fourth-order valence-electron chi connectivity index (χ4n) is 6.00. The predicted molar refractivity (Wildman–Crippen MR) is 126 cm³/mol. The highest BCUT2D eigenvalue weighted by atomic mass is 16.3. The molecule has 2 amide bonds. The Kier molecular flexibility index (Phi) is 3.67. The average Bonchev–Trinajstić information content (AvgIpc) is 3.45. The lowest BCUT2D eigenvalue weighted by molar-refractivity contribution is -0.0219. The van der Waals surface area contributed by atoms with Crippen molar-refractivity contribution in [3.8, 4) is 0 Å². The van der Waals surface area contributed by atoms with Crippen molar-refractivity contribution in [3.63, 3.8) is 0 Å². The monoisotopic (exact) mass is 439 g/mol. The topological polar surface area (TPSA) is 107 Å². The van der Waals surface area contributed by atoms with Gasteiger partial charge in [-0.15, -0.1) is 0 Å². The van der Waals surface area contributed by atoms with Gasteiger partial charge in [-0.25, -0.2) is 0 Å². The number of rotatable bonds is 1. The van der Waals surface area contributed by atoms with Gasteiger partial charge in [0.1, 0.15) is 0 Å². The molecule has 1 aliphatic heterocycles. The summed E-state index contributed by atoms with van der Waals surface area (Å²) >= 11 is 0. The maximum absolute atomic E-state index is 13.1. The summed E-state index contributed by atoms with van der Waals surface area (Å²) < 4.78 is 2.20. The van der Waals surface area contributed by atoms with Crippen LogP contribution in [-0.2, 0) is 0 Å². The summed E-state index contributed by atoms with van der Waals surface area (Å²) in [7, 11) is 0. The third-order valence-corrected chi connectivity index (χ3v) is 7.40. The molecular formula is C26H21N3O4. The summed E-state index contributed by atoms with van der Waals surface area (Å²) in [5.74, 6) is -0.756. The van der Waals surface area contributed by atoms with Crippen molar-refractivity contribution in [2.45, 2.75) is 37.5 Å². The Labute approximate surface area is 187 Å². The smallest absolute Gasteiger partial charge is 0.259 e. The minimum Gasteiger partial charge on any atom is -0.390 e. The number of carbonyl (C=O) groups excluding carboxylic acids is 2. The summed E-state index contributed by atoms with van der Waals surface area (Å²) in [4.78, 5) is 29.6. The number of hydrogen-bond acceptors (Lipinski definition) is 4. The van der Waals surface area contributed by atoms with Crippen LogP contribution in [0.4, 0.5) is 0 Å². The Morgan fingerprint density at radius 1 is 0.818 bits per heavy atom. The van der Waals surface area contributed by atoms with Crippen LogP contribution in [0.25, 0.3) is 43.6 Å². The first-order valence-corrected chi connectivity index (χ1v) is 11.3. The molecule has 5 aromatic rings. The van der Waals surface area contributed by atoms with Gasteiger partial charge < -0.3 is 19.8 Å². The summed E-state index contributed by atoms with van der Waals surface area (Å²) in [6, 6.07) is 15.6. The number of aliphatic hydroxyl groups excluding tert-OH is 2. The van der Waals surface area contributed by atoms with Gasteiger partial charge in [-0.1, -0.05) is 36.4 Å². The van der Waals surface area contributed by atoms with Gasteiger partial charge in [-0.05, 0) is 31.4 Å². The SMILES string of the molecule is O=C1NC(=O)c2c1c1c3ccccc3[nH]c1c1c2c2ccccc2n1C1CCC(O)C(O)C1. The Morgan fingerprint density at radius 2 is 1.52 bits per heavy atom. The highest BCUT2D eigenvalue weighted by Crippen LogP contribution is 2.46. The second-order valence-electron chi connectivity index (χ2n) is 9.17. The Bertz CT molecular complexity index is 1660. The number of benzene rings is 3. The second kappa shape index (κ2) is 6.43. The van der Waals surface area contributed by atoms with E-state index in [0.29, 0.717) is 30.4 Å². The van der Waals surface area contributed by atoms with Crippen molar-refractivity contribution >= 4 is 55.4 Å². The lowest BCUT2D eigenvalue weighted by atomic mass is 9.90. The van der Waals surface area contributed by atoms with E-state index in [1.54, 1.807) is 0 Å². The lowest BCUT2D eigenvalue weighted by Crippen LogP contribution is -2.34. The number of aromatic nitrogens is 2. The largest absolute Gasteiger partial charge is 0.390 e. The summed E-state index contributed by atoms with van der Waals surface area (Å²) in [5, 5.41) is 26.4. The number of nitrogens with one attached hydrogen (secondary N) is 2. The number of amides is 2. The highest BCUT2D eigenvalue weighted by Gasteiger charge is 2.37. The second-order valence-corrected chi connectivity index (χ2v) is 9.17. The molecule has 7 rings (SSSR count). The molecule has 3 aromatic carbocycles. The van der Waals surface area contributed by atoms with E-state index in [1.807, 2.05) is 48.5 Å². The zero-order valence-electron chi connectivity index (χ0n) is 17.6. The molecule has 3 unspecified atom stereocenters. The van der Waals surface area contributed by atoms with Crippen molar-refractivity contribution in [2.24, 2.45) is 0 Å². The normalized spacial score (nSPS) is 23.2. The molecule has 4 N–H and O–H groups in total. The van der Waals surface area contributed by atoms with Crippen molar-refractivity contribution in [1.29, 1.82) is 0 Å². The standard InChI is InChI=1S/C26H21N3O4/c30-17-10-9-12(11-18(17)31)29-16-8-4-2-6-14(16)20-22-21(25(32)28-26(22)33)19-13-5-1-3-7-15(13)27-23(19)24(20)29/h1-8,12,17-18,27,30-31H,9-11H2,(H,28,32,33). The number of fused-ring (bicyclic) bond motifs is 10. The summed E-state index contributed by atoms with van der Waals surface area (Å²) in [6.45, 7) is 0. The van der Waals surface area contributed by atoms with E-state index in [-0.39, 0.29) is 17.9 Å². The van der Waals surface area contributed by atoms with Crippen molar-refractivity contribution in [1.82, 2.24) is 14.9 Å². The summed E-state index contributed by atoms with van der Waals surface area (Å²) in [6.07, 6.45) is 0.0848. The molecule has 164 valence electrons. The van der Waals surface area contributed by atoms with Crippen LogP contribution in [0.2, 0.25) is 0 Å². The van der Waals surface area contributed by atoms with Crippen LogP contribution in [0.1, 0.15) is 46.0 Å². The van der Waals surface area contributed by atoms with Crippen LogP contribution in [0.15, 0.2) is 48.5 Å². The summed E-state index contributed by atoms with van der Waals surface area (Å²) in [5.41, 5.74) is 4.35. The Balaban J connectivity index is 1.73. The van der Waals surface area contributed by atoms with E-state index in [1.165, 1.54) is 0 Å². The molecule has 1 aliphatic carbocycles. The maximum Gasteiger partial charge on any atom is 0.259 e. The quantitative estimate of drug-likeness (QED) is 0.298. The van der Waals surface area contributed by atoms with E-state index in [4.69, 9.17) is 0 Å². The number of hydrogen-bond donors (Lipinski definition) is 4. The molecular weight excluding hydrogens is 418 g/mol. The van der Waals surface area contributed by atoms with Crippen LogP contribution in [0.5, 0.6) is 0 Å². The molecule has 2 aliphatic rings. The molecule has 3 atom stereocenters. The third kappa shape index (κ3) is 2.35. The molecule has 2 aromatic heterocycles. The molecule has 1 fully saturated rings. The molecule has 0 spiro atoms. The van der Waals surface area contributed by atoms with Crippen molar-refractivity contribution in [3.05, 3.63) is 59.7 Å². The molecule has 0 bridgehead atoms. The number of para-hydroxylation sites is 2. The van der Waals surface area contributed by atoms with Gasteiger partial charge in [-0.2, -0.15) is 0 Å². The first-order chi connectivity index (χ1) is 16.0. The number of H-pyrrole nitrogens is 1. The van der Waals surface area contributed by atoms with Gasteiger partial charge in [0, 0.05) is 38.6 Å². The molecule has 1 saturated carbocycles. The van der Waals surface area contributed by atoms with Crippen LogP contribution >= 0.6 is 0 Å². The van der Waals surface area contributed by atoms with E-state index in [0.717, 1.165) is 43.6 Å². The van der Waals surface area contributed by atoms with E-state index < -0.39 is 12.2 Å². The van der Waals surface area contributed by atoms with Crippen LogP contribution in [-0.4, -0.2) is 43.8 Å². The number of imide groups is 1. The Hall–Kier alpha value is -3.68. The Morgan fingerprint density at radius 3 is 2.30 bits per heavy atom. The molecule has 33 heavy (non-hydrogen) atoms. The lowest BCUT2D eigenvalue weighted by Gasteiger charge is -2.32. The van der Waals surface area contributed by atoms with Gasteiger partial charge in [-0.3, -0.25) is 14.9 Å². The van der Waals surface area contributed by atoms with Crippen LogP contribution < -0.4 is 5.32 Å². The minimum atomic E-state index is -0.808. The maximum atomic E-state index is 13.1. The molecule has 0 radical (unpaired) electrons. The molecule has 7 heteroatoms. The minimum absolute atomic E-state index is 0.0568. The third-order valence-electron chi connectivity index (χ3n) is 7.40. The van der Waals surface area contributed by atoms with Gasteiger partial charge in [0.2, 0.25) is 0 Å². The number of aliphatic hydroxyl groups is 2. The fraction of sp³-hybridized carbons (Fsp3) is 0.231.